The Hall–Kier alpha value is -4.25. The van der Waals surface area contributed by atoms with Gasteiger partial charge in [-0.25, -0.2) is 19.4 Å². The fraction of sp³-hybridized carbons (Fsp3) is 0.393. The number of esters is 1. The van der Waals surface area contributed by atoms with E-state index in [-0.39, 0.29) is 28.1 Å². The summed E-state index contributed by atoms with van der Waals surface area (Å²) in [5, 5.41) is 22.5. The van der Waals surface area contributed by atoms with Crippen LogP contribution in [0.2, 0.25) is 0 Å². The van der Waals surface area contributed by atoms with Gasteiger partial charge in [-0.15, -0.1) is 0 Å². The third-order valence-corrected chi connectivity index (χ3v) is 6.17. The summed E-state index contributed by atoms with van der Waals surface area (Å²) >= 11 is 0. The Bertz CT molecular complexity index is 1270. The minimum atomic E-state index is -1.38. The Labute approximate surface area is 225 Å². The molecule has 1 aromatic heterocycles. The lowest BCUT2D eigenvalue weighted by Gasteiger charge is -2.18. The number of carboxylic acids is 1. The van der Waals surface area contributed by atoms with Gasteiger partial charge in [-0.2, -0.15) is 0 Å². The van der Waals surface area contributed by atoms with E-state index in [9.17, 15) is 29.4 Å². The van der Waals surface area contributed by atoms with Crippen molar-refractivity contribution in [1.29, 1.82) is 0 Å². The second-order valence-corrected chi connectivity index (χ2v) is 9.19. The second kappa shape index (κ2) is 13.0. The normalized spacial score (nSPS) is 14.1. The summed E-state index contributed by atoms with van der Waals surface area (Å²) in [5.74, 6) is -2.47. The zero-order valence-corrected chi connectivity index (χ0v) is 22.1. The molecule has 1 saturated carbocycles. The number of rotatable bonds is 12. The first-order valence-electron chi connectivity index (χ1n) is 12.6. The maximum absolute atomic E-state index is 13.3. The van der Waals surface area contributed by atoms with Crippen LogP contribution in [-0.2, 0) is 20.8 Å². The van der Waals surface area contributed by atoms with E-state index in [2.05, 4.69) is 16.9 Å². The third kappa shape index (κ3) is 7.64. The number of benzene rings is 1. The van der Waals surface area contributed by atoms with Gasteiger partial charge in [0.15, 0.2) is 5.69 Å². The molecule has 1 aliphatic rings. The van der Waals surface area contributed by atoms with E-state index < -0.39 is 43.0 Å². The van der Waals surface area contributed by atoms with Crippen molar-refractivity contribution in [3.05, 3.63) is 58.9 Å². The zero-order valence-electron chi connectivity index (χ0n) is 22.1. The number of hydrogen-bond donors (Lipinski definition) is 3. The van der Waals surface area contributed by atoms with E-state index in [1.807, 2.05) is 6.92 Å². The highest BCUT2D eigenvalue weighted by atomic mass is 16.8. The molecule has 1 heterocycles. The van der Waals surface area contributed by atoms with Gasteiger partial charge in [0.05, 0.1) is 12.2 Å². The molecule has 208 valence electrons. The van der Waals surface area contributed by atoms with Crippen LogP contribution in [0.25, 0.3) is 17.2 Å². The Balaban J connectivity index is 2.01. The number of pyridine rings is 1. The first-order chi connectivity index (χ1) is 18.6. The van der Waals surface area contributed by atoms with Gasteiger partial charge in [-0.3, -0.25) is 4.79 Å². The number of aliphatic hydroxyl groups is 1. The fourth-order valence-electron chi connectivity index (χ4n) is 3.64. The number of carbonyl (C=O) groups is 4. The minimum Gasteiger partial charge on any atom is -0.478 e. The quantitative estimate of drug-likeness (QED) is 0.263. The van der Waals surface area contributed by atoms with Gasteiger partial charge in [0.25, 0.3) is 5.91 Å². The Morgan fingerprint density at radius 1 is 1.13 bits per heavy atom. The summed E-state index contributed by atoms with van der Waals surface area (Å²) < 4.78 is 15.3. The number of hydrogen-bond acceptors (Lipinski definition) is 9. The topological polar surface area (TPSA) is 161 Å². The highest BCUT2D eigenvalue weighted by Crippen LogP contribution is 2.31. The summed E-state index contributed by atoms with van der Waals surface area (Å²) in [6.07, 6.45) is 1.17. The second-order valence-electron chi connectivity index (χ2n) is 9.19. The van der Waals surface area contributed by atoms with Crippen molar-refractivity contribution in [3.8, 4) is 11.1 Å². The van der Waals surface area contributed by atoms with E-state index >= 15 is 0 Å². The molecule has 0 spiro atoms. The number of ether oxygens (including phenoxy) is 3. The van der Waals surface area contributed by atoms with E-state index in [4.69, 9.17) is 14.2 Å². The smallest absolute Gasteiger partial charge is 0.478 e. The maximum atomic E-state index is 13.3. The van der Waals surface area contributed by atoms with Crippen molar-refractivity contribution in [2.45, 2.75) is 59.0 Å². The van der Waals surface area contributed by atoms with Gasteiger partial charge < -0.3 is 29.7 Å². The molecule has 0 saturated heterocycles. The van der Waals surface area contributed by atoms with Crippen molar-refractivity contribution in [3.63, 3.8) is 0 Å². The van der Waals surface area contributed by atoms with Crippen LogP contribution in [0.5, 0.6) is 0 Å². The van der Waals surface area contributed by atoms with Crippen LogP contribution >= 0.6 is 0 Å². The van der Waals surface area contributed by atoms with Gasteiger partial charge in [0.2, 0.25) is 6.29 Å². The Morgan fingerprint density at radius 2 is 1.85 bits per heavy atom. The molecular formula is C28H32N2O9. The number of amides is 1. The summed E-state index contributed by atoms with van der Waals surface area (Å²) in [6.45, 7) is 8.48. The fourth-order valence-corrected chi connectivity index (χ4v) is 3.64. The first kappa shape index (κ1) is 29.3. The number of aromatic carboxylic acids is 1. The van der Waals surface area contributed by atoms with Crippen molar-refractivity contribution in [1.82, 2.24) is 10.3 Å². The standard InChI is InChI=1S/C28H32N2O9/c1-5-15(3)37-28(36)39-16(4)38-27(35)24-20(9-10-23(30-24)25(32)29-13-17-7-8-17)21-12-19(14-31)18(6-2)11-22(21)26(33)34/h6,9-12,15-17,31H,2,5,7-8,13-14H2,1,3-4H3,(H,29,32)(H,33,34). The lowest BCUT2D eigenvalue weighted by Crippen LogP contribution is -2.28. The molecule has 0 aliphatic heterocycles. The Morgan fingerprint density at radius 3 is 2.44 bits per heavy atom. The number of nitrogens with zero attached hydrogens (tertiary/aromatic N) is 1. The van der Waals surface area contributed by atoms with Crippen LogP contribution in [0.1, 0.15) is 82.5 Å². The van der Waals surface area contributed by atoms with Crippen LogP contribution in [0.3, 0.4) is 0 Å². The molecule has 2 aromatic rings. The molecule has 39 heavy (non-hydrogen) atoms. The van der Waals surface area contributed by atoms with Gasteiger partial charge >= 0.3 is 18.1 Å². The number of carbonyl (C=O) groups excluding carboxylic acids is 3. The lowest BCUT2D eigenvalue weighted by molar-refractivity contribution is -0.0882. The lowest BCUT2D eigenvalue weighted by atomic mass is 9.92. The molecule has 11 heteroatoms. The summed E-state index contributed by atoms with van der Waals surface area (Å²) in [4.78, 5) is 54.2. The highest BCUT2D eigenvalue weighted by molar-refractivity contribution is 6.03. The predicted molar refractivity (Wildman–Crippen MR) is 140 cm³/mol. The molecule has 2 unspecified atom stereocenters. The van der Waals surface area contributed by atoms with Gasteiger partial charge in [0, 0.05) is 19.0 Å². The zero-order chi connectivity index (χ0) is 28.7. The molecule has 1 aromatic carbocycles. The SMILES string of the molecule is C=Cc1cc(C(=O)O)c(-c2ccc(C(=O)NCC3CC3)nc2C(=O)OC(C)OC(=O)OC(C)CC)cc1CO. The summed E-state index contributed by atoms with van der Waals surface area (Å²) in [7, 11) is 0. The summed E-state index contributed by atoms with van der Waals surface area (Å²) in [5.41, 5.74) is 0.205. The van der Waals surface area contributed by atoms with Crippen LogP contribution in [0, 0.1) is 5.92 Å². The molecule has 1 amide bonds. The van der Waals surface area contributed by atoms with Crippen molar-refractivity contribution < 1.29 is 43.6 Å². The summed E-state index contributed by atoms with van der Waals surface area (Å²) in [6, 6.07) is 5.47. The van der Waals surface area contributed by atoms with Crippen molar-refractivity contribution in [2.24, 2.45) is 5.92 Å². The number of aliphatic hydroxyl groups excluding tert-OH is 1. The Kier molecular flexibility index (Phi) is 9.78. The molecule has 3 N–H and O–H groups in total. The van der Waals surface area contributed by atoms with Crippen molar-refractivity contribution >= 4 is 30.1 Å². The molecule has 0 bridgehead atoms. The van der Waals surface area contributed by atoms with E-state index in [1.165, 1.54) is 37.3 Å². The molecule has 11 nitrogen and oxygen atoms in total. The number of carboxylic acid groups (broad SMARTS) is 1. The molecule has 3 rings (SSSR count). The molecule has 0 radical (unpaired) electrons. The van der Waals surface area contributed by atoms with Crippen LogP contribution in [0.4, 0.5) is 4.79 Å². The minimum absolute atomic E-state index is 0.0378. The molecule has 2 atom stereocenters. The molecular weight excluding hydrogens is 508 g/mol. The van der Waals surface area contributed by atoms with Crippen molar-refractivity contribution in [2.75, 3.05) is 6.54 Å². The van der Waals surface area contributed by atoms with E-state index in [1.54, 1.807) is 6.92 Å². The van der Waals surface area contributed by atoms with E-state index in [0.29, 0.717) is 30.0 Å². The van der Waals surface area contributed by atoms with Gasteiger partial charge in [-0.05, 0) is 73.1 Å². The number of aromatic nitrogens is 1. The maximum Gasteiger partial charge on any atom is 0.511 e. The van der Waals surface area contributed by atoms with Crippen LogP contribution in [-0.4, -0.2) is 58.1 Å². The number of nitrogens with one attached hydrogen (secondary N) is 1. The predicted octanol–water partition coefficient (Wildman–Crippen LogP) is 4.18. The van der Waals surface area contributed by atoms with E-state index in [0.717, 1.165) is 12.8 Å². The average Bonchev–Trinajstić information content (AvgIpc) is 3.74. The average molecular weight is 541 g/mol. The largest absolute Gasteiger partial charge is 0.511 e. The van der Waals surface area contributed by atoms with Gasteiger partial charge in [-0.1, -0.05) is 19.6 Å². The molecule has 1 aliphatic carbocycles. The van der Waals surface area contributed by atoms with Crippen LogP contribution < -0.4 is 5.32 Å². The van der Waals surface area contributed by atoms with Crippen LogP contribution in [0.15, 0.2) is 30.8 Å². The monoisotopic (exact) mass is 540 g/mol. The third-order valence-electron chi connectivity index (χ3n) is 6.17. The highest BCUT2D eigenvalue weighted by Gasteiger charge is 2.27. The molecule has 1 fully saturated rings. The van der Waals surface area contributed by atoms with Gasteiger partial charge in [0.1, 0.15) is 11.8 Å². The first-order valence-corrected chi connectivity index (χ1v) is 12.6.